The molecule has 1 atom stereocenters. The summed E-state index contributed by atoms with van der Waals surface area (Å²) in [6.07, 6.45) is -2.66. The molecule has 0 bridgehead atoms. The molecule has 42 heavy (non-hydrogen) atoms. The van der Waals surface area contributed by atoms with Crippen molar-refractivity contribution in [2.24, 2.45) is 7.05 Å². The smallest absolute Gasteiger partial charge is 0.435 e. The van der Waals surface area contributed by atoms with Crippen LogP contribution in [0.4, 0.5) is 24.7 Å². The van der Waals surface area contributed by atoms with Crippen LogP contribution < -0.4 is 14.4 Å². The zero-order valence-electron chi connectivity index (χ0n) is 22.7. The molecule has 6 rings (SSSR count). The molecule has 0 N–H and O–H groups in total. The van der Waals surface area contributed by atoms with Crippen molar-refractivity contribution in [1.29, 1.82) is 0 Å². The molecule has 222 valence electrons. The Morgan fingerprint density at radius 2 is 1.88 bits per heavy atom. The van der Waals surface area contributed by atoms with Gasteiger partial charge < -0.3 is 24.5 Å². The van der Waals surface area contributed by atoms with Crippen molar-refractivity contribution in [1.82, 2.24) is 24.2 Å². The van der Waals surface area contributed by atoms with Gasteiger partial charge in [0.05, 0.1) is 10.6 Å². The lowest BCUT2D eigenvalue weighted by Crippen LogP contribution is -2.45. The zero-order chi connectivity index (χ0) is 29.4. The van der Waals surface area contributed by atoms with Crippen molar-refractivity contribution in [2.75, 3.05) is 37.7 Å². The van der Waals surface area contributed by atoms with Gasteiger partial charge >= 0.3 is 18.0 Å². The number of benzene rings is 1. The van der Waals surface area contributed by atoms with Crippen molar-refractivity contribution < 1.29 is 27.6 Å². The molecule has 0 spiro atoms. The Kier molecular flexibility index (Phi) is 7.53. The number of thiophene rings is 1. The number of fused-ring (bicyclic) bond motifs is 1. The number of rotatable bonds is 8. The minimum absolute atomic E-state index is 0.226. The second-order valence-electron chi connectivity index (χ2n) is 10.2. The molecule has 15 heteroatoms. The van der Waals surface area contributed by atoms with E-state index in [9.17, 15) is 23.3 Å². The van der Waals surface area contributed by atoms with Crippen molar-refractivity contribution in [2.45, 2.75) is 31.8 Å². The molecule has 0 radical (unpaired) electrons. The molecule has 0 saturated carbocycles. The van der Waals surface area contributed by atoms with Gasteiger partial charge in [0.25, 0.3) is 0 Å². The van der Waals surface area contributed by atoms with E-state index in [1.807, 2.05) is 36.4 Å². The van der Waals surface area contributed by atoms with E-state index in [-0.39, 0.29) is 17.9 Å². The number of halogens is 3. The van der Waals surface area contributed by atoms with Gasteiger partial charge in [0, 0.05) is 68.3 Å². The fourth-order valence-corrected chi connectivity index (χ4v) is 6.20. The van der Waals surface area contributed by atoms with E-state index >= 15 is 0 Å². The summed E-state index contributed by atoms with van der Waals surface area (Å²) >= 11 is 1.49. The normalized spacial score (nSPS) is 17.6. The van der Waals surface area contributed by atoms with Crippen LogP contribution in [-0.4, -0.2) is 68.0 Å². The van der Waals surface area contributed by atoms with Crippen LogP contribution in [0.5, 0.6) is 11.8 Å². The largest absolute Gasteiger partial charge is 0.490 e. The minimum Gasteiger partial charge on any atom is -0.490 e. The lowest BCUT2D eigenvalue weighted by molar-refractivity contribution is -0.389. The van der Waals surface area contributed by atoms with Crippen molar-refractivity contribution in [3.8, 4) is 22.3 Å². The van der Waals surface area contributed by atoms with Crippen LogP contribution in [0.1, 0.15) is 17.0 Å². The fourth-order valence-electron chi connectivity index (χ4n) is 5.10. The van der Waals surface area contributed by atoms with Crippen LogP contribution in [0.3, 0.4) is 0 Å². The summed E-state index contributed by atoms with van der Waals surface area (Å²) in [6.45, 7) is 5.06. The van der Waals surface area contributed by atoms with E-state index in [0.717, 1.165) is 54.2 Å². The standard InChI is InChI=1S/C27H28F3N7O4S/c1-33-22(14-24(32-33)27(28,29)30)23-7-6-21(42-23)15-34-10-12-35(13-11-34)18-2-4-19(5-3-18)40-17-20-8-9-36-16-25(37(38)39)31-26(36)41-20/h2-7,14,16,20H,8-13,15,17H2,1H3. The molecule has 2 aliphatic heterocycles. The van der Waals surface area contributed by atoms with E-state index in [2.05, 4.69) is 19.9 Å². The van der Waals surface area contributed by atoms with E-state index in [1.165, 1.54) is 29.3 Å². The number of aryl methyl sites for hydroxylation is 2. The predicted octanol–water partition coefficient (Wildman–Crippen LogP) is 4.82. The van der Waals surface area contributed by atoms with Crippen molar-refractivity contribution >= 4 is 22.8 Å². The highest BCUT2D eigenvalue weighted by molar-refractivity contribution is 7.15. The molecule has 3 aromatic heterocycles. The number of nitro groups is 1. The molecule has 4 aromatic rings. The third-order valence-electron chi connectivity index (χ3n) is 7.35. The summed E-state index contributed by atoms with van der Waals surface area (Å²) in [5.41, 5.74) is 0.674. The third kappa shape index (κ3) is 6.06. The van der Waals surface area contributed by atoms with Gasteiger partial charge in [-0.25, -0.2) is 0 Å². The Hall–Kier alpha value is -4.11. The van der Waals surface area contributed by atoms with Gasteiger partial charge in [0.15, 0.2) is 5.69 Å². The molecule has 0 aliphatic carbocycles. The lowest BCUT2D eigenvalue weighted by Gasteiger charge is -2.36. The minimum atomic E-state index is -4.46. The molecule has 1 fully saturated rings. The molecule has 0 amide bonds. The maximum absolute atomic E-state index is 13.0. The number of hydrogen-bond donors (Lipinski definition) is 0. The van der Waals surface area contributed by atoms with Crippen LogP contribution in [0, 0.1) is 10.1 Å². The van der Waals surface area contributed by atoms with E-state index < -0.39 is 16.8 Å². The number of hydrogen-bond acceptors (Lipinski definition) is 9. The third-order valence-corrected chi connectivity index (χ3v) is 8.44. The highest BCUT2D eigenvalue weighted by atomic mass is 32.1. The monoisotopic (exact) mass is 603 g/mol. The molecule has 11 nitrogen and oxygen atoms in total. The number of aromatic nitrogens is 4. The maximum atomic E-state index is 13.0. The van der Waals surface area contributed by atoms with Gasteiger partial charge in [-0.3, -0.25) is 14.1 Å². The van der Waals surface area contributed by atoms with Gasteiger partial charge in [-0.2, -0.15) is 18.3 Å². The molecule has 5 heterocycles. The van der Waals surface area contributed by atoms with Crippen molar-refractivity contribution in [3.05, 3.63) is 69.3 Å². The first-order valence-corrected chi connectivity index (χ1v) is 14.2. The molecule has 1 saturated heterocycles. The van der Waals surface area contributed by atoms with E-state index in [0.29, 0.717) is 31.0 Å². The number of anilines is 1. The molecule has 1 aromatic carbocycles. The average molecular weight is 604 g/mol. The number of piperazine rings is 1. The summed E-state index contributed by atoms with van der Waals surface area (Å²) in [5, 5.41) is 14.6. The van der Waals surface area contributed by atoms with Gasteiger partial charge in [-0.05, 0) is 47.4 Å². The predicted molar refractivity (Wildman–Crippen MR) is 149 cm³/mol. The Labute approximate surface area is 242 Å². The van der Waals surface area contributed by atoms with Crippen LogP contribution in [0.25, 0.3) is 10.6 Å². The fraction of sp³-hybridized carbons (Fsp3) is 0.407. The first-order valence-electron chi connectivity index (χ1n) is 13.4. The highest BCUT2D eigenvalue weighted by Gasteiger charge is 2.35. The van der Waals surface area contributed by atoms with Crippen LogP contribution in [0.2, 0.25) is 0 Å². The molecule has 1 unspecified atom stereocenters. The Bertz CT molecular complexity index is 1560. The van der Waals surface area contributed by atoms with Crippen LogP contribution >= 0.6 is 11.3 Å². The summed E-state index contributed by atoms with van der Waals surface area (Å²) < 4.78 is 53.7. The maximum Gasteiger partial charge on any atom is 0.435 e. The second kappa shape index (κ2) is 11.3. The Morgan fingerprint density at radius 1 is 1.12 bits per heavy atom. The van der Waals surface area contributed by atoms with Crippen molar-refractivity contribution in [3.63, 3.8) is 0 Å². The SMILES string of the molecule is Cn1nc(C(F)(F)F)cc1-c1ccc(CN2CCN(c3ccc(OCC4CCn5cc([N+](=O)[O-])nc5O4)cc3)CC2)s1. The summed E-state index contributed by atoms with van der Waals surface area (Å²) in [4.78, 5) is 20.8. The topological polar surface area (TPSA) is 104 Å². The van der Waals surface area contributed by atoms with E-state index in [1.54, 1.807) is 4.57 Å². The van der Waals surface area contributed by atoms with Gasteiger partial charge in [-0.1, -0.05) is 0 Å². The highest BCUT2D eigenvalue weighted by Crippen LogP contribution is 2.34. The Balaban J connectivity index is 0.971. The lowest BCUT2D eigenvalue weighted by atomic mass is 10.2. The second-order valence-corrected chi connectivity index (χ2v) is 11.4. The molecular weight excluding hydrogens is 575 g/mol. The first kappa shape index (κ1) is 28.0. The molecule has 2 aliphatic rings. The van der Waals surface area contributed by atoms with Gasteiger partial charge in [0.1, 0.15) is 24.7 Å². The summed E-state index contributed by atoms with van der Waals surface area (Å²) in [6, 6.07) is 13.1. The quantitative estimate of drug-likeness (QED) is 0.209. The zero-order valence-corrected chi connectivity index (χ0v) is 23.5. The van der Waals surface area contributed by atoms with Crippen LogP contribution in [-0.2, 0) is 26.3 Å². The number of imidazole rings is 1. The summed E-state index contributed by atoms with van der Waals surface area (Å²) in [7, 11) is 1.53. The average Bonchev–Trinajstić information content (AvgIpc) is 3.70. The summed E-state index contributed by atoms with van der Waals surface area (Å²) in [5.74, 6) is 0.487. The van der Waals surface area contributed by atoms with Gasteiger partial charge in [0.2, 0.25) is 0 Å². The molecular formula is C27H28F3N7O4S. The van der Waals surface area contributed by atoms with E-state index in [4.69, 9.17) is 9.47 Å². The van der Waals surface area contributed by atoms with Gasteiger partial charge in [-0.15, -0.1) is 11.3 Å². The first-order chi connectivity index (χ1) is 20.1. The number of alkyl halides is 3. The Morgan fingerprint density at radius 3 is 2.57 bits per heavy atom. The number of ether oxygens (including phenoxy) is 2. The number of nitrogens with zero attached hydrogens (tertiary/aromatic N) is 7. The van der Waals surface area contributed by atoms with Crippen LogP contribution in [0.15, 0.2) is 48.7 Å².